The molecule has 1 aromatic heterocycles. The number of hydrogen-bond donors (Lipinski definition) is 2. The third-order valence-electron chi connectivity index (χ3n) is 3.68. The molecule has 0 bridgehead atoms. The lowest BCUT2D eigenvalue weighted by Gasteiger charge is -2.17. The maximum atomic E-state index is 12.0. The molecule has 1 aromatic carbocycles. The molecular formula is C16H22N4O. The molecule has 0 fully saturated rings. The standard InChI is InChI=1S/C16H22N4O/c1-3-12(2)15(17)16(21)19-14-7-5-13(6-8-14)11-20-10-4-9-18-20/h4-10,12,15H,3,11,17H2,1-2H3,(H,19,21)/t12-,15-/m0/s1. The van der Waals surface area contributed by atoms with Crippen LogP contribution in [0.4, 0.5) is 5.69 Å². The minimum Gasteiger partial charge on any atom is -0.325 e. The Bertz CT molecular complexity index is 562. The predicted octanol–water partition coefficient (Wildman–Crippen LogP) is 2.24. The first-order valence-corrected chi connectivity index (χ1v) is 7.23. The predicted molar refractivity (Wildman–Crippen MR) is 83.8 cm³/mol. The maximum Gasteiger partial charge on any atom is 0.241 e. The fraction of sp³-hybridized carbons (Fsp3) is 0.375. The van der Waals surface area contributed by atoms with E-state index in [1.54, 1.807) is 6.20 Å². The maximum absolute atomic E-state index is 12.0. The molecule has 0 aliphatic rings. The van der Waals surface area contributed by atoms with Gasteiger partial charge in [-0.3, -0.25) is 9.48 Å². The topological polar surface area (TPSA) is 72.9 Å². The van der Waals surface area contributed by atoms with Gasteiger partial charge in [-0.2, -0.15) is 5.10 Å². The van der Waals surface area contributed by atoms with E-state index in [1.807, 2.05) is 55.1 Å². The van der Waals surface area contributed by atoms with Crippen LogP contribution in [0.3, 0.4) is 0 Å². The largest absolute Gasteiger partial charge is 0.325 e. The molecule has 2 aromatic rings. The van der Waals surface area contributed by atoms with Crippen molar-refractivity contribution in [1.82, 2.24) is 9.78 Å². The van der Waals surface area contributed by atoms with Crippen LogP contribution in [0.2, 0.25) is 0 Å². The summed E-state index contributed by atoms with van der Waals surface area (Å²) in [4.78, 5) is 12.0. The highest BCUT2D eigenvalue weighted by molar-refractivity contribution is 5.94. The molecule has 5 nitrogen and oxygen atoms in total. The van der Waals surface area contributed by atoms with Crippen molar-refractivity contribution in [3.05, 3.63) is 48.3 Å². The zero-order chi connectivity index (χ0) is 15.2. The van der Waals surface area contributed by atoms with Gasteiger partial charge in [0.05, 0.1) is 12.6 Å². The number of nitrogens with one attached hydrogen (secondary N) is 1. The Morgan fingerprint density at radius 2 is 2.10 bits per heavy atom. The van der Waals surface area contributed by atoms with E-state index in [1.165, 1.54) is 0 Å². The first kappa shape index (κ1) is 15.3. The van der Waals surface area contributed by atoms with E-state index in [9.17, 15) is 4.79 Å². The van der Waals surface area contributed by atoms with Gasteiger partial charge >= 0.3 is 0 Å². The molecule has 1 heterocycles. The zero-order valence-corrected chi connectivity index (χ0v) is 12.5. The zero-order valence-electron chi connectivity index (χ0n) is 12.5. The number of carbonyl (C=O) groups is 1. The van der Waals surface area contributed by atoms with E-state index in [-0.39, 0.29) is 11.8 Å². The van der Waals surface area contributed by atoms with Gasteiger partial charge in [0.15, 0.2) is 0 Å². The monoisotopic (exact) mass is 286 g/mol. The second-order valence-electron chi connectivity index (χ2n) is 5.30. The minimum absolute atomic E-state index is 0.135. The number of hydrogen-bond acceptors (Lipinski definition) is 3. The molecule has 0 spiro atoms. The summed E-state index contributed by atoms with van der Waals surface area (Å²) in [6.45, 7) is 4.73. The summed E-state index contributed by atoms with van der Waals surface area (Å²) in [5, 5.41) is 7.02. The van der Waals surface area contributed by atoms with Crippen molar-refractivity contribution in [1.29, 1.82) is 0 Å². The highest BCUT2D eigenvalue weighted by Gasteiger charge is 2.19. The van der Waals surface area contributed by atoms with Crippen LogP contribution in [-0.2, 0) is 11.3 Å². The molecule has 0 radical (unpaired) electrons. The second kappa shape index (κ2) is 7.04. The van der Waals surface area contributed by atoms with Crippen molar-refractivity contribution in [2.24, 2.45) is 11.7 Å². The SMILES string of the molecule is CC[C@H](C)[C@H](N)C(=O)Nc1ccc(Cn2cccn2)cc1. The normalized spacial score (nSPS) is 13.7. The van der Waals surface area contributed by atoms with Crippen molar-refractivity contribution in [3.8, 4) is 0 Å². The molecule has 5 heteroatoms. The number of aromatic nitrogens is 2. The van der Waals surface area contributed by atoms with Crippen LogP contribution in [0.5, 0.6) is 0 Å². The number of nitrogens with two attached hydrogens (primary N) is 1. The van der Waals surface area contributed by atoms with Crippen LogP contribution in [-0.4, -0.2) is 21.7 Å². The molecule has 0 unspecified atom stereocenters. The summed E-state index contributed by atoms with van der Waals surface area (Å²) >= 11 is 0. The number of benzene rings is 1. The number of nitrogens with zero attached hydrogens (tertiary/aromatic N) is 2. The second-order valence-corrected chi connectivity index (χ2v) is 5.30. The van der Waals surface area contributed by atoms with E-state index >= 15 is 0 Å². The first-order valence-electron chi connectivity index (χ1n) is 7.23. The Morgan fingerprint density at radius 3 is 2.67 bits per heavy atom. The van der Waals surface area contributed by atoms with Crippen LogP contribution in [0.25, 0.3) is 0 Å². The van der Waals surface area contributed by atoms with Crippen LogP contribution < -0.4 is 11.1 Å². The van der Waals surface area contributed by atoms with E-state index < -0.39 is 6.04 Å². The Hall–Kier alpha value is -2.14. The van der Waals surface area contributed by atoms with Crippen LogP contribution in [0.1, 0.15) is 25.8 Å². The summed E-state index contributed by atoms with van der Waals surface area (Å²) in [5.74, 6) is 0.0354. The Balaban J connectivity index is 1.94. The van der Waals surface area contributed by atoms with Gasteiger partial charge in [-0.25, -0.2) is 0 Å². The summed E-state index contributed by atoms with van der Waals surface area (Å²) in [6.07, 6.45) is 4.56. The van der Waals surface area contributed by atoms with Crippen molar-refractivity contribution in [2.45, 2.75) is 32.9 Å². The van der Waals surface area contributed by atoms with Gasteiger partial charge in [-0.1, -0.05) is 32.4 Å². The molecule has 112 valence electrons. The van der Waals surface area contributed by atoms with Crippen LogP contribution in [0, 0.1) is 5.92 Å². The Kier molecular flexibility index (Phi) is 5.11. The average Bonchev–Trinajstić information content (AvgIpc) is 3.00. The van der Waals surface area contributed by atoms with Gasteiger partial charge < -0.3 is 11.1 Å². The van der Waals surface area contributed by atoms with Crippen LogP contribution in [0.15, 0.2) is 42.7 Å². The van der Waals surface area contributed by atoms with Gasteiger partial charge in [0, 0.05) is 18.1 Å². The highest BCUT2D eigenvalue weighted by atomic mass is 16.2. The third-order valence-corrected chi connectivity index (χ3v) is 3.68. The lowest BCUT2D eigenvalue weighted by Crippen LogP contribution is -2.40. The van der Waals surface area contributed by atoms with E-state index in [2.05, 4.69) is 10.4 Å². The van der Waals surface area contributed by atoms with Crippen molar-refractivity contribution in [2.75, 3.05) is 5.32 Å². The molecule has 2 atom stereocenters. The van der Waals surface area contributed by atoms with Gasteiger partial charge in [-0.15, -0.1) is 0 Å². The van der Waals surface area contributed by atoms with Gasteiger partial charge in [0.25, 0.3) is 0 Å². The van der Waals surface area contributed by atoms with Crippen molar-refractivity contribution in [3.63, 3.8) is 0 Å². The molecule has 0 saturated heterocycles. The summed E-state index contributed by atoms with van der Waals surface area (Å²) < 4.78 is 1.85. The van der Waals surface area contributed by atoms with Crippen LogP contribution >= 0.6 is 0 Å². The van der Waals surface area contributed by atoms with E-state index in [4.69, 9.17) is 5.73 Å². The lowest BCUT2D eigenvalue weighted by molar-refractivity contribution is -0.118. The summed E-state index contributed by atoms with van der Waals surface area (Å²) in [5.41, 5.74) is 7.81. The molecule has 21 heavy (non-hydrogen) atoms. The summed E-state index contributed by atoms with van der Waals surface area (Å²) in [6, 6.07) is 9.15. The summed E-state index contributed by atoms with van der Waals surface area (Å²) in [7, 11) is 0. The van der Waals surface area contributed by atoms with E-state index in [0.717, 1.165) is 17.7 Å². The lowest BCUT2D eigenvalue weighted by atomic mass is 9.99. The fourth-order valence-electron chi connectivity index (χ4n) is 2.01. The molecule has 1 amide bonds. The molecular weight excluding hydrogens is 264 g/mol. The molecule has 0 saturated carbocycles. The number of carbonyl (C=O) groups excluding carboxylic acids is 1. The first-order chi connectivity index (χ1) is 10.1. The van der Waals surface area contributed by atoms with Gasteiger partial charge in [0.2, 0.25) is 5.91 Å². The highest BCUT2D eigenvalue weighted by Crippen LogP contribution is 2.13. The molecule has 0 aliphatic carbocycles. The van der Waals surface area contributed by atoms with Crippen molar-refractivity contribution >= 4 is 11.6 Å². The molecule has 2 rings (SSSR count). The van der Waals surface area contributed by atoms with Gasteiger partial charge in [0.1, 0.15) is 0 Å². The van der Waals surface area contributed by atoms with Crippen molar-refractivity contribution < 1.29 is 4.79 Å². The number of anilines is 1. The quantitative estimate of drug-likeness (QED) is 0.855. The Labute approximate surface area is 125 Å². The third kappa shape index (κ3) is 4.16. The fourth-order valence-corrected chi connectivity index (χ4v) is 2.01. The number of rotatable bonds is 6. The smallest absolute Gasteiger partial charge is 0.241 e. The molecule has 0 aliphatic heterocycles. The van der Waals surface area contributed by atoms with E-state index in [0.29, 0.717) is 6.54 Å². The Morgan fingerprint density at radius 1 is 1.38 bits per heavy atom. The number of amides is 1. The minimum atomic E-state index is -0.473. The molecule has 3 N–H and O–H groups in total. The average molecular weight is 286 g/mol. The van der Waals surface area contributed by atoms with Gasteiger partial charge in [-0.05, 0) is 29.7 Å².